The van der Waals surface area contributed by atoms with Gasteiger partial charge in [-0.25, -0.2) is 18.2 Å². The highest BCUT2D eigenvalue weighted by Gasteiger charge is 2.62. The molecule has 2 aromatic carbocycles. The van der Waals surface area contributed by atoms with Crippen molar-refractivity contribution in [2.75, 3.05) is 13.7 Å². The smallest absolute Gasteiger partial charge is 0.407 e. The van der Waals surface area contributed by atoms with Crippen LogP contribution < -0.4 is 20.1 Å². The Labute approximate surface area is 324 Å². The van der Waals surface area contributed by atoms with E-state index in [0.717, 1.165) is 29.4 Å². The van der Waals surface area contributed by atoms with Gasteiger partial charge in [-0.15, -0.1) is 0 Å². The number of nitrogens with one attached hydrogen (secondary N) is 3. The normalized spacial score (nSPS) is 25.7. The fourth-order valence-electron chi connectivity index (χ4n) is 7.84. The molecule has 3 fully saturated rings. The lowest BCUT2D eigenvalue weighted by Crippen LogP contribution is -2.58. The Morgan fingerprint density at radius 2 is 1.82 bits per heavy atom. The van der Waals surface area contributed by atoms with Gasteiger partial charge in [0.05, 0.1) is 24.6 Å². The molecule has 5 atom stereocenters. The summed E-state index contributed by atoms with van der Waals surface area (Å²) in [6.07, 6.45) is 6.65. The molecule has 4 amide bonds. The lowest BCUT2D eigenvalue weighted by Gasteiger charge is -2.29. The second-order valence-electron chi connectivity index (χ2n) is 15.3. The van der Waals surface area contributed by atoms with Gasteiger partial charge < -0.3 is 29.4 Å². The average molecular weight is 784 g/mol. The molecule has 2 aliphatic carbocycles. The number of hydrogen-bond donors (Lipinski definition) is 3. The van der Waals surface area contributed by atoms with Crippen molar-refractivity contribution < 1.29 is 41.5 Å². The fourth-order valence-corrected chi connectivity index (χ4v) is 9.20. The van der Waals surface area contributed by atoms with Crippen LogP contribution in [0.15, 0.2) is 71.2 Å². The highest BCUT2D eigenvalue weighted by molar-refractivity contribution is 7.91. The lowest BCUT2D eigenvalue weighted by atomic mass is 10.1. The minimum absolute atomic E-state index is 0.0290. The Kier molecular flexibility index (Phi) is 9.97. The fraction of sp³-hybridized carbons (Fsp3) is 0.439. The number of para-hydroxylation sites is 1. The van der Waals surface area contributed by atoms with E-state index in [1.54, 1.807) is 6.07 Å². The highest BCUT2D eigenvalue weighted by atomic mass is 32.2. The van der Waals surface area contributed by atoms with Crippen LogP contribution in [0.25, 0.3) is 33.3 Å². The number of aryl methyl sites for hydroxylation is 1. The summed E-state index contributed by atoms with van der Waals surface area (Å²) >= 11 is 0. The largest absolute Gasteiger partial charge is 0.484 e. The number of pyridine rings is 1. The first-order valence-electron chi connectivity index (χ1n) is 19.2. The Morgan fingerprint density at radius 1 is 1.04 bits per heavy atom. The summed E-state index contributed by atoms with van der Waals surface area (Å²) in [6.45, 7) is 1.97. The van der Waals surface area contributed by atoms with Crippen LogP contribution in [0.2, 0.25) is 0 Å². The molecule has 2 saturated carbocycles. The quantitative estimate of drug-likeness (QED) is 0.215. The van der Waals surface area contributed by atoms with E-state index in [1.165, 1.54) is 12.0 Å². The van der Waals surface area contributed by atoms with Crippen molar-refractivity contribution in [1.82, 2.24) is 25.2 Å². The molecule has 0 radical (unpaired) electrons. The molecule has 294 valence electrons. The van der Waals surface area contributed by atoms with Crippen LogP contribution in [-0.2, 0) is 29.1 Å². The van der Waals surface area contributed by atoms with Crippen LogP contribution in [0.1, 0.15) is 63.4 Å². The second kappa shape index (κ2) is 14.9. The van der Waals surface area contributed by atoms with E-state index < -0.39 is 68.7 Å². The van der Waals surface area contributed by atoms with E-state index in [4.69, 9.17) is 18.9 Å². The Balaban J connectivity index is 1.15. The zero-order valence-corrected chi connectivity index (χ0v) is 32.1. The average Bonchev–Trinajstić information content (AvgIpc) is 4.08. The predicted molar refractivity (Wildman–Crippen MR) is 207 cm³/mol. The number of amides is 4. The molecule has 3 N–H and O–H groups in total. The molecule has 0 unspecified atom stereocenters. The topological polar surface area (TPSA) is 186 Å². The van der Waals surface area contributed by atoms with E-state index in [-0.39, 0.29) is 19.4 Å². The summed E-state index contributed by atoms with van der Waals surface area (Å²) in [6, 6.07) is 15.1. The van der Waals surface area contributed by atoms with Gasteiger partial charge in [0.25, 0.3) is 5.91 Å². The van der Waals surface area contributed by atoms with Crippen molar-refractivity contribution in [3.05, 3.63) is 72.3 Å². The first-order chi connectivity index (χ1) is 27.0. The molecule has 0 bridgehead atoms. The number of nitrogens with zero attached hydrogens (tertiary/aromatic N) is 2. The van der Waals surface area contributed by atoms with Crippen LogP contribution in [-0.4, -0.2) is 84.7 Å². The number of benzene rings is 2. The highest BCUT2D eigenvalue weighted by Crippen LogP contribution is 2.46. The molecular formula is C41H45N5O9S. The number of rotatable bonds is 7. The van der Waals surface area contributed by atoms with Gasteiger partial charge in [0.2, 0.25) is 21.8 Å². The van der Waals surface area contributed by atoms with Gasteiger partial charge in [-0.05, 0) is 57.6 Å². The molecule has 4 aliphatic rings. The third kappa shape index (κ3) is 7.43. The van der Waals surface area contributed by atoms with Crippen LogP contribution in [0.5, 0.6) is 5.75 Å². The minimum Gasteiger partial charge on any atom is -0.484 e. The molecule has 4 heterocycles. The molecule has 0 spiro atoms. The maximum absolute atomic E-state index is 14.5. The van der Waals surface area contributed by atoms with Crippen LogP contribution in [0.4, 0.5) is 4.79 Å². The second-order valence-corrected chi connectivity index (χ2v) is 17.3. The number of fused-ring (bicyclic) bond motifs is 5. The first kappa shape index (κ1) is 37.5. The van der Waals surface area contributed by atoms with Gasteiger partial charge >= 0.3 is 6.09 Å². The van der Waals surface area contributed by atoms with Crippen LogP contribution in [0.3, 0.4) is 0 Å². The predicted octanol–water partition coefficient (Wildman–Crippen LogP) is 5.03. The molecule has 15 heteroatoms. The van der Waals surface area contributed by atoms with Crippen molar-refractivity contribution in [3.8, 4) is 17.0 Å². The standard InChI is InChI=1S/C41H45N5O9S/c1-24-14-16-25(17-15-24)31-21-34(36-35(42-31)29-11-8-9-13-33(29)55-36)54-27-20-32-37(47)44-41(39(49)45-56(51,52)28-18-19-28)22-26(41)10-6-4-3-5-7-12-30(43-40(50)53-2)38(48)46(32)23-27/h6,8-11,13-17,21,26-28,30,32H,3-5,7,12,18-20,22-23H2,1-2H3,(H,43,50)(H,44,47)(H,45,49)/t26-,27-,30+,32+,41-/m1/s1. The summed E-state index contributed by atoms with van der Waals surface area (Å²) in [7, 11) is -2.69. The number of carbonyl (C=O) groups excluding carboxylic acids is 4. The van der Waals surface area contributed by atoms with Crippen molar-refractivity contribution in [2.45, 2.75) is 93.7 Å². The molecule has 1 saturated heterocycles. The zero-order valence-electron chi connectivity index (χ0n) is 31.3. The third-order valence-electron chi connectivity index (χ3n) is 11.3. The Morgan fingerprint density at radius 3 is 2.59 bits per heavy atom. The molecule has 8 rings (SSSR count). The summed E-state index contributed by atoms with van der Waals surface area (Å²) < 4.78 is 45.8. The summed E-state index contributed by atoms with van der Waals surface area (Å²) in [4.78, 5) is 61.5. The zero-order chi connectivity index (χ0) is 39.2. The lowest BCUT2D eigenvalue weighted by molar-refractivity contribution is -0.141. The number of carbonyl (C=O) groups is 4. The molecule has 14 nitrogen and oxygen atoms in total. The van der Waals surface area contributed by atoms with E-state index in [1.807, 2.05) is 67.6 Å². The SMILES string of the molecule is COC(=O)N[C@H]1CCCCCC=C[C@@H]2C[C@@]2(C(=O)NS(=O)(=O)C2CC2)NC(=O)[C@@H]2C[C@@H](Oc3cc(-c4ccc(C)cc4)nc4c3oc3ccccc34)CN2C1=O. The monoisotopic (exact) mass is 783 g/mol. The van der Waals surface area contributed by atoms with Gasteiger partial charge in [-0.2, -0.15) is 0 Å². The van der Waals surface area contributed by atoms with E-state index in [2.05, 4.69) is 15.4 Å². The van der Waals surface area contributed by atoms with Gasteiger partial charge in [0, 0.05) is 29.4 Å². The van der Waals surface area contributed by atoms with Gasteiger partial charge in [0.15, 0.2) is 11.3 Å². The van der Waals surface area contributed by atoms with E-state index in [9.17, 15) is 27.6 Å². The van der Waals surface area contributed by atoms with Crippen molar-refractivity contribution in [1.29, 1.82) is 0 Å². The van der Waals surface area contributed by atoms with Crippen molar-refractivity contribution in [2.24, 2.45) is 5.92 Å². The summed E-state index contributed by atoms with van der Waals surface area (Å²) in [5, 5.41) is 5.72. The number of hydrogen-bond acceptors (Lipinski definition) is 10. The number of allylic oxidation sites excluding steroid dienone is 1. The van der Waals surface area contributed by atoms with Crippen molar-refractivity contribution >= 4 is 55.9 Å². The number of aromatic nitrogens is 1. The van der Waals surface area contributed by atoms with Gasteiger partial charge in [0.1, 0.15) is 34.8 Å². The van der Waals surface area contributed by atoms with E-state index >= 15 is 0 Å². The summed E-state index contributed by atoms with van der Waals surface area (Å²) in [5.74, 6) is -1.98. The summed E-state index contributed by atoms with van der Waals surface area (Å²) in [5.41, 5.74) is 2.71. The molecule has 56 heavy (non-hydrogen) atoms. The molecule has 2 aromatic heterocycles. The van der Waals surface area contributed by atoms with Crippen molar-refractivity contribution in [3.63, 3.8) is 0 Å². The Hall–Kier alpha value is -5.44. The van der Waals surface area contributed by atoms with E-state index in [0.29, 0.717) is 60.2 Å². The maximum Gasteiger partial charge on any atom is 0.407 e. The minimum atomic E-state index is -3.90. The maximum atomic E-state index is 14.5. The number of methoxy groups -OCH3 is 1. The van der Waals surface area contributed by atoms with Gasteiger partial charge in [-0.1, -0.05) is 67.0 Å². The molecule has 2 aliphatic heterocycles. The first-order valence-corrected chi connectivity index (χ1v) is 20.8. The molecular weight excluding hydrogens is 739 g/mol. The number of sulfonamides is 1. The van der Waals surface area contributed by atoms with Gasteiger partial charge in [-0.3, -0.25) is 19.1 Å². The number of ether oxygens (including phenoxy) is 2. The third-order valence-corrected chi connectivity index (χ3v) is 13.1. The van der Waals surface area contributed by atoms with Crippen LogP contribution in [0, 0.1) is 12.8 Å². The van der Waals surface area contributed by atoms with Crippen LogP contribution >= 0.6 is 0 Å². The molecule has 4 aromatic rings. The Bertz CT molecular complexity index is 2340. The number of furan rings is 1. The number of alkyl carbamates (subject to hydrolysis) is 1.